The second-order valence-electron chi connectivity index (χ2n) is 15.6. The number of carbonyl (C=O) groups is 3. The molecular formula is C40H52ClN3O5S. The molecule has 4 fully saturated rings. The lowest BCUT2D eigenvalue weighted by molar-refractivity contribution is -0.205. The molecule has 3 saturated carbocycles. The van der Waals surface area contributed by atoms with E-state index in [0.29, 0.717) is 18.5 Å². The molecule has 3 aliphatic carbocycles. The highest BCUT2D eigenvalue weighted by Crippen LogP contribution is 2.68. The maximum atomic E-state index is 13.7. The summed E-state index contributed by atoms with van der Waals surface area (Å²) in [6.45, 7) is 15.9. The van der Waals surface area contributed by atoms with Crippen LogP contribution in [0.25, 0.3) is 0 Å². The molecule has 6 rings (SSSR count). The lowest BCUT2D eigenvalue weighted by atomic mass is 9.44. The van der Waals surface area contributed by atoms with Gasteiger partial charge < -0.3 is 20.1 Å². The van der Waals surface area contributed by atoms with Gasteiger partial charge in [0.15, 0.2) is 0 Å². The Hall–Kier alpha value is -2.85. The van der Waals surface area contributed by atoms with Crippen LogP contribution in [-0.2, 0) is 19.1 Å². The van der Waals surface area contributed by atoms with Crippen LogP contribution in [0.5, 0.6) is 0 Å². The molecule has 2 aromatic rings. The van der Waals surface area contributed by atoms with E-state index in [0.717, 1.165) is 61.0 Å². The van der Waals surface area contributed by atoms with Crippen molar-refractivity contribution < 1.29 is 24.2 Å². The lowest BCUT2D eigenvalue weighted by Crippen LogP contribution is -2.63. The van der Waals surface area contributed by atoms with Crippen molar-refractivity contribution in [1.29, 1.82) is 0 Å². The minimum absolute atomic E-state index is 0.0470. The molecule has 1 aliphatic heterocycles. The molecule has 2 aromatic carbocycles. The Labute approximate surface area is 306 Å². The molecule has 2 bridgehead atoms. The standard InChI is InChI=1S/C40H52ClN3O5S/c1-6-38(4)23-33(39(5)26(2)15-17-40(27(3)37(38)48)18-16-31(45)36(39)40)49-35(47)25-50-32-14-10-8-12-29(32)42-34(46)24-43-19-21-44(22-20-43)30-13-9-7-11-28(30)41/h6-14,26-27,33,36-37,48H,1,15-25H2,2-5H3,(H,42,46)/t26-,27+,33-,36+,37+,38-,39+,40+/m1/s1. The van der Waals surface area contributed by atoms with Crippen LogP contribution in [0.4, 0.5) is 11.4 Å². The van der Waals surface area contributed by atoms with E-state index in [-0.39, 0.29) is 53.1 Å². The number of Topliss-reactive ketones (excluding diaryl/α,β-unsaturated/α-hetero) is 1. The van der Waals surface area contributed by atoms with Gasteiger partial charge in [-0.05, 0) is 67.2 Å². The summed E-state index contributed by atoms with van der Waals surface area (Å²) >= 11 is 7.73. The maximum Gasteiger partial charge on any atom is 0.316 e. The molecule has 0 aromatic heterocycles. The first-order chi connectivity index (χ1) is 23.8. The molecule has 1 amide bonds. The number of carbonyl (C=O) groups excluding carboxylic acids is 3. The fraction of sp³-hybridized carbons (Fsp3) is 0.575. The van der Waals surface area contributed by atoms with E-state index in [2.05, 4.69) is 42.5 Å². The van der Waals surface area contributed by atoms with Gasteiger partial charge in [0.25, 0.3) is 0 Å². The first kappa shape index (κ1) is 36.9. The predicted octanol–water partition coefficient (Wildman–Crippen LogP) is 7.10. The van der Waals surface area contributed by atoms with Gasteiger partial charge in [0, 0.05) is 54.2 Å². The molecule has 50 heavy (non-hydrogen) atoms. The molecule has 0 unspecified atom stereocenters. The maximum absolute atomic E-state index is 13.7. The Morgan fingerprint density at radius 1 is 1.08 bits per heavy atom. The highest BCUT2D eigenvalue weighted by atomic mass is 35.5. The Balaban J connectivity index is 1.11. The SMILES string of the molecule is C=C[C@]1(C)C[C@@H](OC(=O)CSc2ccccc2NC(=O)CN2CCN(c3ccccc3Cl)CC2)[C@]2(C)[C@H](C)CC[C@]3(CCC(=O)[C@H]32)[C@@H](C)[C@@H]1O. The highest BCUT2D eigenvalue weighted by molar-refractivity contribution is 8.00. The number of piperazine rings is 1. The summed E-state index contributed by atoms with van der Waals surface area (Å²) in [7, 11) is 0. The van der Waals surface area contributed by atoms with E-state index in [1.807, 2.05) is 61.5 Å². The number of ether oxygens (including phenoxy) is 1. The van der Waals surface area contributed by atoms with Crippen molar-refractivity contribution in [1.82, 2.24) is 4.90 Å². The van der Waals surface area contributed by atoms with Crippen molar-refractivity contribution in [3.8, 4) is 0 Å². The first-order valence-corrected chi connectivity index (χ1v) is 19.5. The first-order valence-electron chi connectivity index (χ1n) is 18.1. The third-order valence-electron chi connectivity index (χ3n) is 13.0. The number of nitrogens with zero attached hydrogens (tertiary/aromatic N) is 2. The van der Waals surface area contributed by atoms with Crippen molar-refractivity contribution in [2.75, 3.05) is 48.7 Å². The van der Waals surface area contributed by atoms with Gasteiger partial charge >= 0.3 is 5.97 Å². The van der Waals surface area contributed by atoms with Gasteiger partial charge in [0.2, 0.25) is 5.91 Å². The number of aliphatic hydroxyl groups excluding tert-OH is 1. The number of esters is 1. The van der Waals surface area contributed by atoms with Crippen molar-refractivity contribution in [3.63, 3.8) is 0 Å². The van der Waals surface area contributed by atoms with Crippen molar-refractivity contribution in [3.05, 3.63) is 66.2 Å². The topological polar surface area (TPSA) is 99.2 Å². The summed E-state index contributed by atoms with van der Waals surface area (Å²) in [5, 5.41) is 15.6. The van der Waals surface area contributed by atoms with Crippen LogP contribution in [0.1, 0.15) is 59.8 Å². The van der Waals surface area contributed by atoms with Crippen molar-refractivity contribution in [2.45, 2.75) is 76.9 Å². The molecular weight excluding hydrogens is 670 g/mol. The fourth-order valence-electron chi connectivity index (χ4n) is 9.77. The fourth-order valence-corrected chi connectivity index (χ4v) is 10.8. The van der Waals surface area contributed by atoms with Gasteiger partial charge in [-0.1, -0.05) is 69.6 Å². The minimum Gasteiger partial charge on any atom is -0.461 e. The monoisotopic (exact) mass is 721 g/mol. The van der Waals surface area contributed by atoms with E-state index >= 15 is 0 Å². The normalized spacial score (nSPS) is 34.3. The zero-order valence-corrected chi connectivity index (χ0v) is 31.4. The van der Waals surface area contributed by atoms with E-state index in [1.54, 1.807) is 0 Å². The van der Waals surface area contributed by atoms with Crippen LogP contribution in [0.3, 0.4) is 0 Å². The number of nitrogens with one attached hydrogen (secondary N) is 1. The lowest BCUT2D eigenvalue weighted by Gasteiger charge is -2.61. The van der Waals surface area contributed by atoms with Gasteiger partial charge in [-0.3, -0.25) is 19.3 Å². The van der Waals surface area contributed by atoms with Crippen molar-refractivity contribution in [2.24, 2.45) is 34.0 Å². The molecule has 270 valence electrons. The van der Waals surface area contributed by atoms with Crippen LogP contribution in [-0.4, -0.2) is 78.4 Å². The highest BCUT2D eigenvalue weighted by Gasteiger charge is 2.68. The minimum atomic E-state index is -0.705. The number of benzene rings is 2. The number of rotatable bonds is 9. The molecule has 0 radical (unpaired) electrons. The second kappa shape index (κ2) is 14.6. The zero-order chi connectivity index (χ0) is 35.8. The number of anilines is 2. The summed E-state index contributed by atoms with van der Waals surface area (Å²) in [6.07, 6.45) is 4.05. The molecule has 4 aliphatic rings. The average molecular weight is 722 g/mol. The van der Waals surface area contributed by atoms with E-state index < -0.39 is 23.0 Å². The molecule has 1 saturated heterocycles. The molecule has 8 nitrogen and oxygen atoms in total. The smallest absolute Gasteiger partial charge is 0.316 e. The van der Waals surface area contributed by atoms with Gasteiger partial charge in [-0.15, -0.1) is 18.3 Å². The van der Waals surface area contributed by atoms with E-state index in [1.165, 1.54) is 11.8 Å². The molecule has 0 spiro atoms. The second-order valence-corrected chi connectivity index (χ2v) is 17.0. The molecule has 1 heterocycles. The number of hydrogen-bond donors (Lipinski definition) is 2. The number of halogens is 1. The number of ketones is 1. The van der Waals surface area contributed by atoms with Crippen LogP contribution in [0.15, 0.2) is 66.1 Å². The van der Waals surface area contributed by atoms with Crippen molar-refractivity contribution >= 4 is 52.4 Å². The van der Waals surface area contributed by atoms with Crippen LogP contribution in [0, 0.1) is 34.0 Å². The number of thioether (sulfide) groups is 1. The summed E-state index contributed by atoms with van der Waals surface area (Å²) in [5.74, 6) is -0.374. The van der Waals surface area contributed by atoms with Gasteiger partial charge in [0.05, 0.1) is 34.8 Å². The summed E-state index contributed by atoms with van der Waals surface area (Å²) in [6, 6.07) is 15.3. The predicted molar refractivity (Wildman–Crippen MR) is 201 cm³/mol. The van der Waals surface area contributed by atoms with E-state index in [9.17, 15) is 19.5 Å². The van der Waals surface area contributed by atoms with Crippen LogP contribution in [0.2, 0.25) is 5.02 Å². The quantitative estimate of drug-likeness (QED) is 0.161. The Kier molecular flexibility index (Phi) is 10.8. The number of aliphatic hydroxyl groups is 1. The number of para-hydroxylation sites is 2. The largest absolute Gasteiger partial charge is 0.461 e. The average Bonchev–Trinajstić information content (AvgIpc) is 3.46. The third kappa shape index (κ3) is 6.75. The summed E-state index contributed by atoms with van der Waals surface area (Å²) in [5.41, 5.74) is 0.109. The summed E-state index contributed by atoms with van der Waals surface area (Å²) in [4.78, 5) is 45.8. The summed E-state index contributed by atoms with van der Waals surface area (Å²) < 4.78 is 6.43. The van der Waals surface area contributed by atoms with E-state index in [4.69, 9.17) is 16.3 Å². The number of hydrogen-bond acceptors (Lipinski definition) is 8. The Bertz CT molecular complexity index is 1610. The van der Waals surface area contributed by atoms with Gasteiger partial charge in [-0.25, -0.2) is 0 Å². The molecule has 2 N–H and O–H groups in total. The van der Waals surface area contributed by atoms with Gasteiger partial charge in [-0.2, -0.15) is 0 Å². The zero-order valence-electron chi connectivity index (χ0n) is 29.8. The van der Waals surface area contributed by atoms with Crippen LogP contribution >= 0.6 is 23.4 Å². The number of amides is 1. The van der Waals surface area contributed by atoms with Gasteiger partial charge in [0.1, 0.15) is 11.9 Å². The molecule has 8 atom stereocenters. The molecule has 10 heteroatoms. The Morgan fingerprint density at radius 3 is 2.50 bits per heavy atom. The Morgan fingerprint density at radius 2 is 1.78 bits per heavy atom. The van der Waals surface area contributed by atoms with Crippen LogP contribution < -0.4 is 10.2 Å². The third-order valence-corrected chi connectivity index (χ3v) is 14.4.